The van der Waals surface area contributed by atoms with Crippen LogP contribution in [0.2, 0.25) is 0 Å². The standard InChI is InChI=1S/C52H47NP2/c1-7-19-47(20-8-1)54(48-21-9-2-10-22-48,49-23-11-3-12-24-49)41-45-35-31-43(32-36-45)39-53-40-44-33-37-46(38-34-44)42-55(50-25-13-4-14-26-50,51-27-15-5-16-28-51)52-29-17-6-18-30-52/h1-38,53H,39-42H2/q+2. The highest BCUT2D eigenvalue weighted by Gasteiger charge is 2.46. The van der Waals surface area contributed by atoms with Crippen molar-refractivity contribution in [3.63, 3.8) is 0 Å². The molecule has 0 saturated heterocycles. The zero-order valence-corrected chi connectivity index (χ0v) is 33.0. The van der Waals surface area contributed by atoms with Crippen molar-refractivity contribution in [3.05, 3.63) is 253 Å². The van der Waals surface area contributed by atoms with Crippen LogP contribution in [0, 0.1) is 0 Å². The van der Waals surface area contributed by atoms with Gasteiger partial charge in [0, 0.05) is 13.1 Å². The third kappa shape index (κ3) is 8.03. The average Bonchev–Trinajstić information content (AvgIpc) is 3.27. The third-order valence-electron chi connectivity index (χ3n) is 10.7. The van der Waals surface area contributed by atoms with E-state index in [1.54, 1.807) is 0 Å². The van der Waals surface area contributed by atoms with E-state index in [9.17, 15) is 0 Å². The summed E-state index contributed by atoms with van der Waals surface area (Å²) in [6.07, 6.45) is 1.96. The van der Waals surface area contributed by atoms with Crippen molar-refractivity contribution in [2.45, 2.75) is 25.4 Å². The molecule has 1 N–H and O–H groups in total. The van der Waals surface area contributed by atoms with Crippen LogP contribution in [0.3, 0.4) is 0 Å². The zero-order chi connectivity index (χ0) is 37.2. The van der Waals surface area contributed by atoms with Crippen LogP contribution in [0.15, 0.2) is 231 Å². The number of nitrogens with one attached hydrogen (secondary N) is 1. The minimum atomic E-state index is -1.94. The highest BCUT2D eigenvalue weighted by molar-refractivity contribution is 7.95. The van der Waals surface area contributed by atoms with E-state index in [0.29, 0.717) is 0 Å². The highest BCUT2D eigenvalue weighted by Crippen LogP contribution is 2.59. The van der Waals surface area contributed by atoms with Gasteiger partial charge in [0.15, 0.2) is 0 Å². The topological polar surface area (TPSA) is 12.0 Å². The van der Waals surface area contributed by atoms with Gasteiger partial charge in [0.1, 0.15) is 46.4 Å². The van der Waals surface area contributed by atoms with Crippen molar-refractivity contribution in [1.29, 1.82) is 0 Å². The van der Waals surface area contributed by atoms with Gasteiger partial charge >= 0.3 is 0 Å². The molecule has 1 nitrogen and oxygen atoms in total. The molecule has 0 amide bonds. The summed E-state index contributed by atoms with van der Waals surface area (Å²) in [7, 11) is -3.87. The molecule has 8 aromatic rings. The quantitative estimate of drug-likeness (QED) is 0.109. The van der Waals surface area contributed by atoms with E-state index in [1.165, 1.54) is 54.1 Å². The van der Waals surface area contributed by atoms with Gasteiger partial charge in [-0.2, -0.15) is 0 Å². The molecule has 0 saturated carbocycles. The Morgan fingerprint density at radius 2 is 0.436 bits per heavy atom. The number of hydrogen-bond donors (Lipinski definition) is 1. The zero-order valence-electron chi connectivity index (χ0n) is 31.2. The molecule has 0 fully saturated rings. The lowest BCUT2D eigenvalue weighted by molar-refractivity contribution is 0.693. The van der Waals surface area contributed by atoms with Gasteiger partial charge in [-0.3, -0.25) is 0 Å². The van der Waals surface area contributed by atoms with E-state index in [-0.39, 0.29) is 0 Å². The Morgan fingerprint density at radius 1 is 0.236 bits per heavy atom. The van der Waals surface area contributed by atoms with Gasteiger partial charge in [-0.1, -0.05) is 158 Å². The molecule has 0 spiro atoms. The Morgan fingerprint density at radius 3 is 0.655 bits per heavy atom. The Bertz CT molecular complexity index is 1980. The smallest absolute Gasteiger partial charge is 0.116 e. The first-order chi connectivity index (χ1) is 27.2. The molecule has 0 radical (unpaired) electrons. The third-order valence-corrected chi connectivity index (χ3v) is 19.5. The van der Waals surface area contributed by atoms with E-state index < -0.39 is 14.5 Å². The first-order valence-corrected chi connectivity index (χ1v) is 23.2. The molecule has 0 aliphatic rings. The van der Waals surface area contributed by atoms with Crippen LogP contribution < -0.4 is 37.1 Å². The maximum Gasteiger partial charge on any atom is 0.116 e. The van der Waals surface area contributed by atoms with E-state index in [0.717, 1.165) is 25.4 Å². The molecule has 0 aliphatic heterocycles. The lowest BCUT2D eigenvalue weighted by Gasteiger charge is -2.28. The van der Waals surface area contributed by atoms with Crippen LogP contribution in [0.4, 0.5) is 0 Å². The van der Waals surface area contributed by atoms with Gasteiger partial charge in [-0.25, -0.2) is 0 Å². The summed E-state index contributed by atoms with van der Waals surface area (Å²) in [4.78, 5) is 0. The second kappa shape index (κ2) is 17.4. The molecule has 3 heteroatoms. The Kier molecular flexibility index (Phi) is 11.5. The van der Waals surface area contributed by atoms with Gasteiger partial charge in [0.2, 0.25) is 0 Å². The van der Waals surface area contributed by atoms with Crippen LogP contribution in [0.1, 0.15) is 22.3 Å². The molecule has 0 heterocycles. The molecule has 0 atom stereocenters. The van der Waals surface area contributed by atoms with Crippen molar-refractivity contribution in [2.24, 2.45) is 0 Å². The molecular formula is C52H47NP2+2. The highest BCUT2D eigenvalue weighted by atomic mass is 31.2. The molecule has 0 bridgehead atoms. The summed E-state index contributed by atoms with van der Waals surface area (Å²) in [6, 6.07) is 85.5. The molecule has 8 rings (SSSR count). The number of hydrogen-bond acceptors (Lipinski definition) is 1. The van der Waals surface area contributed by atoms with Crippen LogP contribution >= 0.6 is 14.5 Å². The van der Waals surface area contributed by atoms with Crippen molar-refractivity contribution in [1.82, 2.24) is 5.32 Å². The summed E-state index contributed by atoms with van der Waals surface area (Å²) >= 11 is 0. The lowest BCUT2D eigenvalue weighted by Crippen LogP contribution is -2.32. The van der Waals surface area contributed by atoms with Crippen molar-refractivity contribution >= 4 is 46.4 Å². The minimum absolute atomic E-state index is 0.822. The summed E-state index contributed by atoms with van der Waals surface area (Å²) in [6.45, 7) is 1.64. The Hall–Kier alpha value is -5.42. The first kappa shape index (κ1) is 36.6. The minimum Gasteiger partial charge on any atom is -0.309 e. The predicted octanol–water partition coefficient (Wildman–Crippen LogP) is 9.96. The summed E-state index contributed by atoms with van der Waals surface area (Å²) in [5.74, 6) is 0. The fraction of sp³-hybridized carbons (Fsp3) is 0.0769. The predicted molar refractivity (Wildman–Crippen MR) is 241 cm³/mol. The van der Waals surface area contributed by atoms with Gasteiger partial charge in [-0.15, -0.1) is 0 Å². The lowest BCUT2D eigenvalue weighted by atomic mass is 10.1. The molecule has 55 heavy (non-hydrogen) atoms. The van der Waals surface area contributed by atoms with E-state index >= 15 is 0 Å². The molecule has 0 aliphatic carbocycles. The van der Waals surface area contributed by atoms with Gasteiger partial charge in [0.25, 0.3) is 0 Å². The number of benzene rings is 8. The summed E-state index contributed by atoms with van der Waals surface area (Å²) in [5.41, 5.74) is 5.33. The maximum atomic E-state index is 3.72. The van der Waals surface area contributed by atoms with E-state index in [1.807, 2.05) is 0 Å². The fourth-order valence-electron chi connectivity index (χ4n) is 7.96. The second-order valence-electron chi connectivity index (χ2n) is 14.2. The first-order valence-electron chi connectivity index (χ1n) is 19.2. The van der Waals surface area contributed by atoms with Gasteiger partial charge in [-0.05, 0) is 95.1 Å². The molecule has 0 aromatic heterocycles. The van der Waals surface area contributed by atoms with Crippen LogP contribution in [-0.4, -0.2) is 0 Å². The van der Waals surface area contributed by atoms with Crippen LogP contribution in [0.25, 0.3) is 0 Å². The van der Waals surface area contributed by atoms with Gasteiger partial charge in [0.05, 0.1) is 12.3 Å². The van der Waals surface area contributed by atoms with E-state index in [4.69, 9.17) is 0 Å². The Labute approximate surface area is 328 Å². The van der Waals surface area contributed by atoms with Gasteiger partial charge < -0.3 is 5.32 Å². The average molecular weight is 748 g/mol. The van der Waals surface area contributed by atoms with E-state index in [2.05, 4.69) is 236 Å². The summed E-state index contributed by atoms with van der Waals surface area (Å²) < 4.78 is 0. The largest absolute Gasteiger partial charge is 0.309 e. The van der Waals surface area contributed by atoms with Crippen LogP contribution in [-0.2, 0) is 25.4 Å². The fourth-order valence-corrected chi connectivity index (χ4v) is 16.4. The van der Waals surface area contributed by atoms with Crippen molar-refractivity contribution in [2.75, 3.05) is 0 Å². The monoisotopic (exact) mass is 747 g/mol. The second-order valence-corrected chi connectivity index (χ2v) is 21.2. The normalized spacial score (nSPS) is 11.6. The molecular weight excluding hydrogens is 701 g/mol. The Balaban J connectivity index is 0.981. The maximum absolute atomic E-state index is 3.72. The molecule has 8 aromatic carbocycles. The SMILES string of the molecule is c1ccc([P+](Cc2ccc(CNCc3ccc(C[P+](c4ccccc4)(c4ccccc4)c4ccccc4)cc3)cc2)(c2ccccc2)c2ccccc2)cc1. The number of rotatable bonds is 14. The van der Waals surface area contributed by atoms with Crippen LogP contribution in [0.5, 0.6) is 0 Å². The van der Waals surface area contributed by atoms with Crippen molar-refractivity contribution in [3.8, 4) is 0 Å². The molecule has 268 valence electrons. The van der Waals surface area contributed by atoms with Crippen molar-refractivity contribution < 1.29 is 0 Å². The summed E-state index contributed by atoms with van der Waals surface area (Å²) in [5, 5.41) is 12.2. The molecule has 0 unspecified atom stereocenters.